The quantitative estimate of drug-likeness (QED) is 0.670. The third-order valence-electron chi connectivity index (χ3n) is 7.20. The van der Waals surface area contributed by atoms with E-state index in [-0.39, 0.29) is 30.5 Å². The van der Waals surface area contributed by atoms with Crippen molar-refractivity contribution >= 4 is 22.7 Å². The molecular formula is C26H27N3O4. The van der Waals surface area contributed by atoms with Crippen LogP contribution in [0.5, 0.6) is 5.75 Å². The fraction of sp³-hybridized carbons (Fsp3) is 0.385. The average Bonchev–Trinajstić information content (AvgIpc) is 3.48. The minimum Gasteiger partial charge on any atom is -0.497 e. The summed E-state index contributed by atoms with van der Waals surface area (Å²) in [6, 6.07) is 15.0. The van der Waals surface area contributed by atoms with Gasteiger partial charge in [-0.2, -0.15) is 0 Å². The van der Waals surface area contributed by atoms with Gasteiger partial charge >= 0.3 is 0 Å². The van der Waals surface area contributed by atoms with Gasteiger partial charge in [0, 0.05) is 36.2 Å². The molecule has 3 atom stereocenters. The van der Waals surface area contributed by atoms with Crippen molar-refractivity contribution in [3.8, 4) is 5.75 Å². The molecule has 1 N–H and O–H groups in total. The molecule has 2 amide bonds. The van der Waals surface area contributed by atoms with E-state index in [9.17, 15) is 9.59 Å². The Morgan fingerprint density at radius 2 is 2.03 bits per heavy atom. The van der Waals surface area contributed by atoms with Crippen LogP contribution in [0, 0.1) is 0 Å². The molecule has 0 unspecified atom stereocenters. The summed E-state index contributed by atoms with van der Waals surface area (Å²) in [6.45, 7) is 1.30. The number of para-hydroxylation sites is 1. The summed E-state index contributed by atoms with van der Waals surface area (Å²) >= 11 is 0. The molecule has 0 aliphatic carbocycles. The fourth-order valence-corrected chi connectivity index (χ4v) is 5.67. The molecule has 0 saturated carbocycles. The second kappa shape index (κ2) is 7.92. The summed E-state index contributed by atoms with van der Waals surface area (Å²) in [4.78, 5) is 34.3. The Balaban J connectivity index is 1.46. The predicted octanol–water partition coefficient (Wildman–Crippen LogP) is 3.04. The maximum Gasteiger partial charge on any atom is 0.246 e. The fourth-order valence-electron chi connectivity index (χ4n) is 5.67. The third kappa shape index (κ3) is 3.30. The van der Waals surface area contributed by atoms with Crippen LogP contribution in [-0.4, -0.2) is 65.6 Å². The van der Waals surface area contributed by atoms with Gasteiger partial charge in [0.1, 0.15) is 11.8 Å². The molecule has 3 aliphatic heterocycles. The van der Waals surface area contributed by atoms with Crippen molar-refractivity contribution in [2.75, 3.05) is 26.8 Å². The van der Waals surface area contributed by atoms with E-state index in [0.29, 0.717) is 13.0 Å². The SMILES string of the molecule is COc1cccc([C@H]2c3[nH]c4ccccc4c3C[C@H]3C(=O)N(C[C@H]4CCCO4)CC(=O)N23)c1. The third-order valence-corrected chi connectivity index (χ3v) is 7.20. The first-order valence-corrected chi connectivity index (χ1v) is 11.6. The van der Waals surface area contributed by atoms with Crippen molar-refractivity contribution in [3.63, 3.8) is 0 Å². The minimum atomic E-state index is -0.532. The highest BCUT2D eigenvalue weighted by molar-refractivity contribution is 5.97. The van der Waals surface area contributed by atoms with E-state index in [1.165, 1.54) is 0 Å². The minimum absolute atomic E-state index is 0.00827. The molecular weight excluding hydrogens is 418 g/mol. The number of hydrogen-bond acceptors (Lipinski definition) is 4. The molecule has 2 saturated heterocycles. The Labute approximate surface area is 192 Å². The monoisotopic (exact) mass is 445 g/mol. The molecule has 0 bridgehead atoms. The molecule has 3 aromatic rings. The maximum absolute atomic E-state index is 13.7. The van der Waals surface area contributed by atoms with E-state index in [1.807, 2.05) is 42.5 Å². The number of benzene rings is 2. The largest absolute Gasteiger partial charge is 0.497 e. The lowest BCUT2D eigenvalue weighted by Gasteiger charge is -2.47. The topological polar surface area (TPSA) is 74.9 Å². The van der Waals surface area contributed by atoms with Crippen LogP contribution in [0.1, 0.15) is 35.7 Å². The van der Waals surface area contributed by atoms with Crippen molar-refractivity contribution in [1.82, 2.24) is 14.8 Å². The summed E-state index contributed by atoms with van der Waals surface area (Å²) in [5.74, 6) is 0.701. The Hall–Kier alpha value is -3.32. The van der Waals surface area contributed by atoms with Crippen LogP contribution in [0.4, 0.5) is 0 Å². The van der Waals surface area contributed by atoms with Crippen molar-refractivity contribution in [1.29, 1.82) is 0 Å². The highest BCUT2D eigenvalue weighted by atomic mass is 16.5. The van der Waals surface area contributed by atoms with Gasteiger partial charge in [0.25, 0.3) is 0 Å². The molecule has 0 spiro atoms. The Bertz CT molecular complexity index is 1230. The summed E-state index contributed by atoms with van der Waals surface area (Å²) in [6.07, 6.45) is 2.47. The van der Waals surface area contributed by atoms with Crippen LogP contribution in [0.15, 0.2) is 48.5 Å². The van der Waals surface area contributed by atoms with Gasteiger partial charge < -0.3 is 24.3 Å². The van der Waals surface area contributed by atoms with Gasteiger partial charge in [-0.25, -0.2) is 0 Å². The van der Waals surface area contributed by atoms with Gasteiger partial charge in [-0.05, 0) is 42.2 Å². The summed E-state index contributed by atoms with van der Waals surface area (Å²) in [7, 11) is 1.63. The van der Waals surface area contributed by atoms with Gasteiger partial charge in [-0.15, -0.1) is 0 Å². The van der Waals surface area contributed by atoms with E-state index in [2.05, 4.69) is 11.1 Å². The van der Waals surface area contributed by atoms with E-state index >= 15 is 0 Å². The lowest BCUT2D eigenvalue weighted by Crippen LogP contribution is -2.63. The number of carbonyl (C=O) groups excluding carboxylic acids is 2. The lowest BCUT2D eigenvalue weighted by molar-refractivity contribution is -0.159. The zero-order chi connectivity index (χ0) is 22.5. The predicted molar refractivity (Wildman–Crippen MR) is 123 cm³/mol. The molecule has 3 aliphatic rings. The summed E-state index contributed by atoms with van der Waals surface area (Å²) < 4.78 is 11.2. The average molecular weight is 446 g/mol. The lowest BCUT2D eigenvalue weighted by atomic mass is 9.86. The van der Waals surface area contributed by atoms with E-state index in [0.717, 1.165) is 52.9 Å². The number of nitrogens with one attached hydrogen (secondary N) is 1. The number of aromatic nitrogens is 1. The first-order chi connectivity index (χ1) is 16.1. The number of methoxy groups -OCH3 is 1. The van der Waals surface area contributed by atoms with Gasteiger partial charge in [0.15, 0.2) is 0 Å². The van der Waals surface area contributed by atoms with Crippen molar-refractivity contribution in [2.45, 2.75) is 37.5 Å². The molecule has 2 aromatic carbocycles. The first kappa shape index (κ1) is 20.3. The first-order valence-electron chi connectivity index (χ1n) is 11.6. The number of carbonyl (C=O) groups is 2. The molecule has 7 nitrogen and oxygen atoms in total. The second-order valence-corrected chi connectivity index (χ2v) is 9.12. The Morgan fingerprint density at radius 3 is 2.85 bits per heavy atom. The second-order valence-electron chi connectivity index (χ2n) is 9.12. The zero-order valence-corrected chi connectivity index (χ0v) is 18.6. The standard InChI is InChI=1S/C26H27N3O4/c1-32-17-7-4-6-16(12-17)25-24-20(19-9-2-3-10-21(19)27-24)13-22-26(31)28(15-23(30)29(22)25)14-18-8-5-11-33-18/h2-4,6-7,9-10,12,18,22,25,27H,5,8,11,13-15H2,1H3/t18-,22+,25+/m1/s1. The van der Waals surface area contributed by atoms with Crippen LogP contribution in [0.25, 0.3) is 10.9 Å². The number of piperazine rings is 1. The Morgan fingerprint density at radius 1 is 1.15 bits per heavy atom. The van der Waals surface area contributed by atoms with Crippen molar-refractivity contribution in [2.24, 2.45) is 0 Å². The van der Waals surface area contributed by atoms with E-state index in [1.54, 1.807) is 16.9 Å². The van der Waals surface area contributed by atoms with Crippen LogP contribution < -0.4 is 4.74 Å². The summed E-state index contributed by atoms with van der Waals surface area (Å²) in [5.41, 5.74) is 4.04. The van der Waals surface area contributed by atoms with Crippen molar-refractivity contribution < 1.29 is 19.1 Å². The normalized spacial score (nSPS) is 24.8. The van der Waals surface area contributed by atoms with Gasteiger partial charge in [0.2, 0.25) is 11.8 Å². The maximum atomic E-state index is 13.7. The number of hydrogen-bond donors (Lipinski definition) is 1. The number of rotatable bonds is 4. The van der Waals surface area contributed by atoms with Crippen LogP contribution in [0.2, 0.25) is 0 Å². The molecule has 7 heteroatoms. The number of fused-ring (bicyclic) bond motifs is 4. The van der Waals surface area contributed by atoms with Crippen LogP contribution in [0.3, 0.4) is 0 Å². The molecule has 33 heavy (non-hydrogen) atoms. The summed E-state index contributed by atoms with van der Waals surface area (Å²) in [5, 5.41) is 1.11. The van der Waals surface area contributed by atoms with Gasteiger partial charge in [-0.3, -0.25) is 9.59 Å². The van der Waals surface area contributed by atoms with E-state index < -0.39 is 6.04 Å². The molecule has 4 heterocycles. The highest BCUT2D eigenvalue weighted by Gasteiger charge is 2.48. The zero-order valence-electron chi connectivity index (χ0n) is 18.6. The number of amides is 2. The van der Waals surface area contributed by atoms with Gasteiger partial charge in [0.05, 0.1) is 25.8 Å². The molecule has 170 valence electrons. The van der Waals surface area contributed by atoms with Gasteiger partial charge in [-0.1, -0.05) is 30.3 Å². The van der Waals surface area contributed by atoms with Crippen LogP contribution >= 0.6 is 0 Å². The smallest absolute Gasteiger partial charge is 0.246 e. The number of ether oxygens (including phenoxy) is 2. The Kier molecular flexibility index (Phi) is 4.87. The van der Waals surface area contributed by atoms with E-state index in [4.69, 9.17) is 9.47 Å². The van der Waals surface area contributed by atoms with Crippen LogP contribution in [-0.2, 0) is 20.7 Å². The molecule has 6 rings (SSSR count). The highest BCUT2D eigenvalue weighted by Crippen LogP contribution is 2.43. The number of aromatic amines is 1. The molecule has 0 radical (unpaired) electrons. The number of nitrogens with zero attached hydrogens (tertiary/aromatic N) is 2. The molecule has 2 fully saturated rings. The van der Waals surface area contributed by atoms with Crippen molar-refractivity contribution in [3.05, 3.63) is 65.4 Å². The number of H-pyrrole nitrogens is 1. The molecule has 1 aromatic heterocycles.